The van der Waals surface area contributed by atoms with Crippen LogP contribution in [0.2, 0.25) is 0 Å². The van der Waals surface area contributed by atoms with Crippen molar-refractivity contribution in [2.45, 2.75) is 38.5 Å². The highest BCUT2D eigenvalue weighted by molar-refractivity contribution is 7.99. The number of thioether (sulfide) groups is 1. The molecule has 10 heteroatoms. The van der Waals surface area contributed by atoms with E-state index >= 15 is 0 Å². The van der Waals surface area contributed by atoms with Gasteiger partial charge in [-0.2, -0.15) is 0 Å². The van der Waals surface area contributed by atoms with E-state index in [0.29, 0.717) is 49.4 Å². The molecule has 0 unspecified atom stereocenters. The Balaban J connectivity index is 1.27. The number of carbonyl (C=O) groups is 2. The highest BCUT2D eigenvalue weighted by Crippen LogP contribution is 2.28. The zero-order valence-corrected chi connectivity index (χ0v) is 21.5. The molecule has 1 N–H and O–H groups in total. The number of anilines is 1. The summed E-state index contributed by atoms with van der Waals surface area (Å²) in [7, 11) is 0. The third-order valence-electron chi connectivity index (χ3n) is 5.61. The number of nitrogens with one attached hydrogen (secondary N) is 1. The number of rotatable bonds is 9. The summed E-state index contributed by atoms with van der Waals surface area (Å²) in [6.07, 6.45) is 0. The normalized spacial score (nSPS) is 13.6. The number of carbonyl (C=O) groups excluding carboxylic acids is 2. The van der Waals surface area contributed by atoms with Crippen LogP contribution in [0.3, 0.4) is 0 Å². The first kappa shape index (κ1) is 25.7. The predicted octanol–water partition coefficient (Wildman–Crippen LogP) is 4.28. The highest BCUT2D eigenvalue weighted by Gasteiger charge is 2.19. The molecule has 1 aliphatic rings. The third-order valence-corrected chi connectivity index (χ3v) is 6.43. The van der Waals surface area contributed by atoms with Crippen LogP contribution in [-0.4, -0.2) is 59.0 Å². The van der Waals surface area contributed by atoms with Crippen LogP contribution >= 0.6 is 11.8 Å². The molecular formula is C26H30N4O5S. The van der Waals surface area contributed by atoms with Gasteiger partial charge in [0.05, 0.1) is 19.0 Å². The molecule has 9 nitrogen and oxygen atoms in total. The van der Waals surface area contributed by atoms with Gasteiger partial charge in [-0.3, -0.25) is 9.59 Å². The Hall–Kier alpha value is -3.37. The first-order valence-corrected chi connectivity index (χ1v) is 12.8. The molecule has 1 aromatic heterocycles. The summed E-state index contributed by atoms with van der Waals surface area (Å²) in [5.41, 5.74) is 3.30. The molecule has 1 saturated heterocycles. The zero-order valence-electron chi connectivity index (χ0n) is 20.7. The lowest BCUT2D eigenvalue weighted by molar-refractivity contribution is -0.113. The number of hydrogen-bond donors (Lipinski definition) is 1. The topological polar surface area (TPSA) is 107 Å². The molecule has 0 aliphatic carbocycles. The number of aryl methyl sites for hydroxylation is 1. The minimum Gasteiger partial charge on any atom is -0.484 e. The minimum atomic E-state index is -0.242. The van der Waals surface area contributed by atoms with Gasteiger partial charge in [0.1, 0.15) is 5.75 Å². The lowest BCUT2D eigenvalue weighted by Gasteiger charge is -2.27. The van der Waals surface area contributed by atoms with Gasteiger partial charge in [0.2, 0.25) is 5.91 Å². The maximum Gasteiger partial charge on any atom is 0.277 e. The van der Waals surface area contributed by atoms with Crippen molar-refractivity contribution in [1.29, 1.82) is 0 Å². The number of hydrogen-bond acceptors (Lipinski definition) is 8. The van der Waals surface area contributed by atoms with E-state index in [4.69, 9.17) is 13.9 Å². The van der Waals surface area contributed by atoms with E-state index in [0.717, 1.165) is 28.6 Å². The van der Waals surface area contributed by atoms with Crippen LogP contribution in [0.5, 0.6) is 5.75 Å². The number of aromatic nitrogens is 2. The van der Waals surface area contributed by atoms with Crippen molar-refractivity contribution in [3.05, 3.63) is 65.0 Å². The van der Waals surface area contributed by atoms with E-state index in [1.165, 1.54) is 0 Å². The molecule has 2 aromatic carbocycles. The van der Waals surface area contributed by atoms with Crippen molar-refractivity contribution in [1.82, 2.24) is 15.1 Å². The fraction of sp³-hybridized carbons (Fsp3) is 0.385. The second-order valence-corrected chi connectivity index (χ2v) is 9.70. The molecule has 2 amide bonds. The van der Waals surface area contributed by atoms with E-state index < -0.39 is 0 Å². The SMILES string of the molecule is Cc1ccc(C(C)C)c(OCc2nnc(SCC(=O)Nc3cccc(C(=O)N4CCOCC4)c3)o2)c1. The van der Waals surface area contributed by atoms with Crippen molar-refractivity contribution in [2.75, 3.05) is 37.4 Å². The van der Waals surface area contributed by atoms with E-state index in [9.17, 15) is 9.59 Å². The van der Waals surface area contributed by atoms with Gasteiger partial charge in [0.15, 0.2) is 6.61 Å². The van der Waals surface area contributed by atoms with Crippen molar-refractivity contribution in [3.63, 3.8) is 0 Å². The molecule has 190 valence electrons. The summed E-state index contributed by atoms with van der Waals surface area (Å²) in [6, 6.07) is 13.0. The van der Waals surface area contributed by atoms with E-state index in [2.05, 4.69) is 41.5 Å². The molecule has 0 radical (unpaired) electrons. The van der Waals surface area contributed by atoms with Crippen LogP contribution in [0.4, 0.5) is 5.69 Å². The molecule has 0 atom stereocenters. The van der Waals surface area contributed by atoms with E-state index in [-0.39, 0.29) is 29.4 Å². The van der Waals surface area contributed by atoms with Crippen LogP contribution in [0.1, 0.15) is 47.1 Å². The second-order valence-electron chi connectivity index (χ2n) is 8.77. The van der Waals surface area contributed by atoms with Crippen LogP contribution in [0.15, 0.2) is 52.1 Å². The Labute approximate surface area is 214 Å². The molecule has 1 aliphatic heterocycles. The quantitative estimate of drug-likeness (QED) is 0.425. The molecule has 2 heterocycles. The first-order chi connectivity index (χ1) is 17.4. The highest BCUT2D eigenvalue weighted by atomic mass is 32.2. The van der Waals surface area contributed by atoms with E-state index in [1.54, 1.807) is 29.2 Å². The van der Waals surface area contributed by atoms with Gasteiger partial charge in [-0.15, -0.1) is 10.2 Å². The van der Waals surface area contributed by atoms with Crippen molar-refractivity contribution < 1.29 is 23.5 Å². The molecular weight excluding hydrogens is 480 g/mol. The van der Waals surface area contributed by atoms with Crippen LogP contribution in [0.25, 0.3) is 0 Å². The molecule has 4 rings (SSSR count). The van der Waals surface area contributed by atoms with Gasteiger partial charge in [-0.05, 0) is 48.2 Å². The van der Waals surface area contributed by atoms with Crippen molar-refractivity contribution in [3.8, 4) is 5.75 Å². The standard InChI is InChI=1S/C26H30N4O5S/c1-17(2)21-8-7-18(3)13-22(21)34-15-24-28-29-26(35-24)36-16-23(31)27-20-6-4-5-19(14-20)25(32)30-9-11-33-12-10-30/h4-8,13-14,17H,9-12,15-16H2,1-3H3,(H,27,31). The molecule has 36 heavy (non-hydrogen) atoms. The largest absolute Gasteiger partial charge is 0.484 e. The van der Waals surface area contributed by atoms with Crippen LogP contribution in [0, 0.1) is 6.92 Å². The summed E-state index contributed by atoms with van der Waals surface area (Å²) in [5, 5.41) is 11.1. The van der Waals surface area contributed by atoms with Gasteiger partial charge in [-0.25, -0.2) is 0 Å². The lowest BCUT2D eigenvalue weighted by atomic mass is 10.0. The number of ether oxygens (including phenoxy) is 2. The Bertz CT molecular complexity index is 1210. The van der Waals surface area contributed by atoms with E-state index in [1.807, 2.05) is 13.0 Å². The van der Waals surface area contributed by atoms with Gasteiger partial charge in [0, 0.05) is 24.3 Å². The average Bonchev–Trinajstić information content (AvgIpc) is 3.34. The summed E-state index contributed by atoms with van der Waals surface area (Å²) in [5.74, 6) is 1.23. The molecule has 0 saturated carbocycles. The number of amides is 2. The predicted molar refractivity (Wildman–Crippen MR) is 136 cm³/mol. The third kappa shape index (κ3) is 6.86. The first-order valence-electron chi connectivity index (χ1n) is 11.8. The maximum atomic E-state index is 12.7. The Morgan fingerprint density at radius 2 is 1.94 bits per heavy atom. The number of morpholine rings is 1. The monoisotopic (exact) mass is 510 g/mol. The zero-order chi connectivity index (χ0) is 25.5. The Morgan fingerprint density at radius 1 is 1.14 bits per heavy atom. The molecule has 3 aromatic rings. The summed E-state index contributed by atoms with van der Waals surface area (Å²) < 4.78 is 16.9. The Kier molecular flexibility index (Phi) is 8.61. The lowest BCUT2D eigenvalue weighted by Crippen LogP contribution is -2.40. The number of benzene rings is 2. The fourth-order valence-electron chi connectivity index (χ4n) is 3.74. The van der Waals surface area contributed by atoms with Crippen molar-refractivity contribution in [2.24, 2.45) is 0 Å². The van der Waals surface area contributed by atoms with Gasteiger partial charge < -0.3 is 24.1 Å². The van der Waals surface area contributed by atoms with Crippen molar-refractivity contribution >= 4 is 29.3 Å². The van der Waals surface area contributed by atoms with Gasteiger partial charge in [-0.1, -0.05) is 43.8 Å². The smallest absolute Gasteiger partial charge is 0.277 e. The number of nitrogens with zero attached hydrogens (tertiary/aromatic N) is 3. The Morgan fingerprint density at radius 3 is 2.72 bits per heavy atom. The maximum absolute atomic E-state index is 12.7. The van der Waals surface area contributed by atoms with Gasteiger partial charge in [0.25, 0.3) is 17.0 Å². The molecule has 1 fully saturated rings. The molecule has 0 bridgehead atoms. The average molecular weight is 511 g/mol. The fourth-order valence-corrected chi connectivity index (χ4v) is 4.32. The summed E-state index contributed by atoms with van der Waals surface area (Å²) in [6.45, 7) is 8.58. The minimum absolute atomic E-state index is 0.0736. The second kappa shape index (κ2) is 12.0. The van der Waals surface area contributed by atoms with Crippen LogP contribution < -0.4 is 10.1 Å². The summed E-state index contributed by atoms with van der Waals surface area (Å²) in [4.78, 5) is 26.9. The summed E-state index contributed by atoms with van der Waals surface area (Å²) >= 11 is 1.14. The van der Waals surface area contributed by atoms with Gasteiger partial charge >= 0.3 is 0 Å². The molecule has 0 spiro atoms. The van der Waals surface area contributed by atoms with Crippen LogP contribution in [-0.2, 0) is 16.1 Å².